The van der Waals surface area contributed by atoms with Gasteiger partial charge in [0.05, 0.1) is 30.5 Å². The first kappa shape index (κ1) is 19.6. The standard InChI is InChI=1S/C24H26N4O3/c25-24(30)17-5-2-8-28(13-17)22-7-6-19(12-26-22)27-23(29)11-18-14-31-21-10-16-4-1-3-15(16)9-20(18)21/h6-7,9-10,12,14,17H,1-5,8,11,13H2,(H2,25,30)(H,27,29). The summed E-state index contributed by atoms with van der Waals surface area (Å²) in [6.07, 6.45) is 8.71. The number of carbonyl (C=O) groups is 2. The zero-order chi connectivity index (χ0) is 21.4. The monoisotopic (exact) mass is 418 g/mol. The van der Waals surface area contributed by atoms with E-state index in [-0.39, 0.29) is 24.2 Å². The van der Waals surface area contributed by atoms with Crippen molar-refractivity contribution >= 4 is 34.3 Å². The molecule has 0 bridgehead atoms. The Balaban J connectivity index is 1.24. The Kier molecular flexibility index (Phi) is 5.10. The minimum Gasteiger partial charge on any atom is -0.464 e. The van der Waals surface area contributed by atoms with E-state index in [0.717, 1.165) is 54.6 Å². The second-order valence-corrected chi connectivity index (χ2v) is 8.55. The number of piperidine rings is 1. The lowest BCUT2D eigenvalue weighted by atomic mass is 9.97. The lowest BCUT2D eigenvalue weighted by molar-refractivity contribution is -0.122. The van der Waals surface area contributed by atoms with E-state index in [1.807, 2.05) is 12.1 Å². The molecule has 3 N–H and O–H groups in total. The second-order valence-electron chi connectivity index (χ2n) is 8.55. The molecule has 2 amide bonds. The summed E-state index contributed by atoms with van der Waals surface area (Å²) in [4.78, 5) is 30.7. The Morgan fingerprint density at radius 2 is 2.03 bits per heavy atom. The number of aryl methyl sites for hydroxylation is 2. The summed E-state index contributed by atoms with van der Waals surface area (Å²) in [5, 5.41) is 3.94. The third kappa shape index (κ3) is 4.00. The van der Waals surface area contributed by atoms with Crippen LogP contribution in [-0.2, 0) is 28.9 Å². The zero-order valence-corrected chi connectivity index (χ0v) is 17.4. The van der Waals surface area contributed by atoms with Crippen LogP contribution < -0.4 is 16.0 Å². The van der Waals surface area contributed by atoms with Crippen LogP contribution in [0.2, 0.25) is 0 Å². The summed E-state index contributed by atoms with van der Waals surface area (Å²) in [5.74, 6) is 0.286. The third-order valence-electron chi connectivity index (χ3n) is 6.40. The Hall–Kier alpha value is -3.35. The average molecular weight is 418 g/mol. The fourth-order valence-electron chi connectivity index (χ4n) is 4.73. The maximum atomic E-state index is 12.6. The second kappa shape index (κ2) is 8.06. The molecule has 3 heterocycles. The van der Waals surface area contributed by atoms with E-state index in [1.54, 1.807) is 12.5 Å². The van der Waals surface area contributed by atoms with E-state index in [1.165, 1.54) is 17.5 Å². The molecule has 5 rings (SSSR count). The molecule has 0 radical (unpaired) electrons. The molecule has 1 atom stereocenters. The Labute approximate surface area is 180 Å². The molecule has 2 aromatic heterocycles. The van der Waals surface area contributed by atoms with Crippen LogP contribution in [0.5, 0.6) is 0 Å². The number of anilines is 2. The number of amides is 2. The van der Waals surface area contributed by atoms with Crippen LogP contribution in [0.15, 0.2) is 41.1 Å². The molecule has 1 aliphatic heterocycles. The van der Waals surface area contributed by atoms with Crippen LogP contribution >= 0.6 is 0 Å². The Bertz CT molecular complexity index is 1140. The van der Waals surface area contributed by atoms with Crippen molar-refractivity contribution in [3.05, 3.63) is 53.4 Å². The smallest absolute Gasteiger partial charge is 0.228 e. The van der Waals surface area contributed by atoms with Gasteiger partial charge in [-0.15, -0.1) is 0 Å². The van der Waals surface area contributed by atoms with Crippen molar-refractivity contribution in [3.63, 3.8) is 0 Å². The van der Waals surface area contributed by atoms with E-state index in [9.17, 15) is 9.59 Å². The predicted octanol–water partition coefficient (Wildman–Crippen LogP) is 3.20. The summed E-state index contributed by atoms with van der Waals surface area (Å²) in [6, 6.07) is 8.01. The van der Waals surface area contributed by atoms with Crippen LogP contribution in [0, 0.1) is 5.92 Å². The highest BCUT2D eigenvalue weighted by atomic mass is 16.3. The van der Waals surface area contributed by atoms with E-state index >= 15 is 0 Å². The number of nitrogens with zero attached hydrogens (tertiary/aromatic N) is 2. The maximum absolute atomic E-state index is 12.6. The normalized spacial score (nSPS) is 18.2. The van der Waals surface area contributed by atoms with Crippen LogP contribution in [0.3, 0.4) is 0 Å². The molecule has 0 saturated carbocycles. The predicted molar refractivity (Wildman–Crippen MR) is 119 cm³/mol. The van der Waals surface area contributed by atoms with Crippen molar-refractivity contribution in [1.29, 1.82) is 0 Å². The number of primary amides is 1. The number of hydrogen-bond acceptors (Lipinski definition) is 5. The number of carbonyl (C=O) groups excluding carboxylic acids is 2. The van der Waals surface area contributed by atoms with Gasteiger partial charge in [-0.2, -0.15) is 0 Å². The fraction of sp³-hybridized carbons (Fsp3) is 0.375. The quantitative estimate of drug-likeness (QED) is 0.663. The molecule has 1 aliphatic carbocycles. The van der Waals surface area contributed by atoms with Gasteiger partial charge in [0.2, 0.25) is 11.8 Å². The van der Waals surface area contributed by atoms with Crippen LogP contribution in [0.1, 0.15) is 36.0 Å². The van der Waals surface area contributed by atoms with Gasteiger partial charge in [-0.25, -0.2) is 4.98 Å². The van der Waals surface area contributed by atoms with Crippen LogP contribution in [0.4, 0.5) is 11.5 Å². The topological polar surface area (TPSA) is 101 Å². The number of benzene rings is 1. The summed E-state index contributed by atoms with van der Waals surface area (Å²) in [6.45, 7) is 1.44. The largest absolute Gasteiger partial charge is 0.464 e. The average Bonchev–Trinajstić information content (AvgIpc) is 3.39. The molecular formula is C24H26N4O3. The van der Waals surface area contributed by atoms with E-state index in [4.69, 9.17) is 10.2 Å². The molecule has 160 valence electrons. The number of nitrogens with two attached hydrogens (primary N) is 1. The first-order valence-electron chi connectivity index (χ1n) is 10.9. The number of rotatable bonds is 5. The third-order valence-corrected chi connectivity index (χ3v) is 6.40. The first-order chi connectivity index (χ1) is 15.1. The SMILES string of the molecule is NC(=O)C1CCCN(c2ccc(NC(=O)Cc3coc4cc5c(cc34)CCC5)cn2)C1. The molecule has 7 nitrogen and oxygen atoms in total. The van der Waals surface area contributed by atoms with Crippen molar-refractivity contribution in [1.82, 2.24) is 4.98 Å². The van der Waals surface area contributed by atoms with Crippen molar-refractivity contribution in [3.8, 4) is 0 Å². The van der Waals surface area contributed by atoms with Crippen molar-refractivity contribution in [2.45, 2.75) is 38.5 Å². The molecule has 7 heteroatoms. The highest BCUT2D eigenvalue weighted by molar-refractivity contribution is 5.95. The molecule has 31 heavy (non-hydrogen) atoms. The van der Waals surface area contributed by atoms with Gasteiger partial charge < -0.3 is 20.4 Å². The Morgan fingerprint density at radius 1 is 1.19 bits per heavy atom. The maximum Gasteiger partial charge on any atom is 0.228 e. The number of fused-ring (bicyclic) bond motifs is 2. The summed E-state index contributed by atoms with van der Waals surface area (Å²) in [5.41, 5.74) is 10.6. The number of furan rings is 1. The molecule has 3 aromatic rings. The molecular weight excluding hydrogens is 392 g/mol. The Morgan fingerprint density at radius 3 is 2.81 bits per heavy atom. The van der Waals surface area contributed by atoms with Gasteiger partial charge in [-0.3, -0.25) is 9.59 Å². The van der Waals surface area contributed by atoms with Gasteiger partial charge in [0.15, 0.2) is 0 Å². The molecule has 2 aliphatic rings. The van der Waals surface area contributed by atoms with E-state index < -0.39 is 0 Å². The van der Waals surface area contributed by atoms with Gasteiger partial charge in [0, 0.05) is 24.0 Å². The fourth-order valence-corrected chi connectivity index (χ4v) is 4.73. The van der Waals surface area contributed by atoms with Crippen LogP contribution in [-0.4, -0.2) is 29.9 Å². The lowest BCUT2D eigenvalue weighted by Crippen LogP contribution is -2.41. The molecule has 1 saturated heterocycles. The summed E-state index contributed by atoms with van der Waals surface area (Å²) >= 11 is 0. The van der Waals surface area contributed by atoms with E-state index in [0.29, 0.717) is 12.2 Å². The minimum absolute atomic E-state index is 0.107. The molecule has 0 spiro atoms. The lowest BCUT2D eigenvalue weighted by Gasteiger charge is -2.32. The van der Waals surface area contributed by atoms with Gasteiger partial charge in [0.25, 0.3) is 0 Å². The van der Waals surface area contributed by atoms with Crippen molar-refractivity contribution in [2.75, 3.05) is 23.3 Å². The summed E-state index contributed by atoms with van der Waals surface area (Å²) < 4.78 is 5.70. The first-order valence-corrected chi connectivity index (χ1v) is 10.9. The van der Waals surface area contributed by atoms with Gasteiger partial charge in [-0.1, -0.05) is 0 Å². The van der Waals surface area contributed by atoms with E-state index in [2.05, 4.69) is 27.3 Å². The number of hydrogen-bond donors (Lipinski definition) is 2. The highest BCUT2D eigenvalue weighted by Crippen LogP contribution is 2.30. The minimum atomic E-state index is -0.259. The zero-order valence-electron chi connectivity index (χ0n) is 17.4. The van der Waals surface area contributed by atoms with Crippen LogP contribution in [0.25, 0.3) is 11.0 Å². The molecule has 1 aromatic carbocycles. The van der Waals surface area contributed by atoms with Crippen molar-refractivity contribution < 1.29 is 14.0 Å². The van der Waals surface area contributed by atoms with Gasteiger partial charge in [-0.05, 0) is 67.5 Å². The highest BCUT2D eigenvalue weighted by Gasteiger charge is 2.24. The number of aromatic nitrogens is 1. The number of pyridine rings is 1. The molecule has 1 fully saturated rings. The van der Waals surface area contributed by atoms with Gasteiger partial charge >= 0.3 is 0 Å². The summed E-state index contributed by atoms with van der Waals surface area (Å²) in [7, 11) is 0. The molecule has 1 unspecified atom stereocenters. The number of nitrogens with one attached hydrogen (secondary N) is 1. The van der Waals surface area contributed by atoms with Gasteiger partial charge in [0.1, 0.15) is 11.4 Å². The van der Waals surface area contributed by atoms with Crippen molar-refractivity contribution in [2.24, 2.45) is 11.7 Å².